The fourth-order valence-corrected chi connectivity index (χ4v) is 3.57. The van der Waals surface area contributed by atoms with E-state index >= 15 is 0 Å². The fraction of sp³-hybridized carbons (Fsp3) is 0.348. The van der Waals surface area contributed by atoms with Crippen molar-refractivity contribution >= 4 is 34.8 Å². The number of halogens is 1. The van der Waals surface area contributed by atoms with E-state index in [2.05, 4.69) is 20.9 Å². The third-order valence-electron chi connectivity index (χ3n) is 5.15. The molecule has 0 saturated carbocycles. The Morgan fingerprint density at radius 3 is 2.28 bits per heavy atom. The molecule has 8 nitrogen and oxygen atoms in total. The van der Waals surface area contributed by atoms with Crippen LogP contribution in [-0.4, -0.2) is 61.9 Å². The van der Waals surface area contributed by atoms with Gasteiger partial charge in [0, 0.05) is 51.0 Å². The highest BCUT2D eigenvalue weighted by Crippen LogP contribution is 2.20. The van der Waals surface area contributed by atoms with Crippen LogP contribution in [0.15, 0.2) is 48.5 Å². The molecule has 0 aromatic heterocycles. The molecule has 2 aromatic carbocycles. The molecular weight excluding hydrogens is 413 g/mol. The minimum absolute atomic E-state index is 0.205. The molecule has 1 saturated heterocycles. The number of hydrogen-bond acceptors (Lipinski definition) is 5. The van der Waals surface area contributed by atoms with E-state index in [9.17, 15) is 18.8 Å². The summed E-state index contributed by atoms with van der Waals surface area (Å²) >= 11 is 0. The van der Waals surface area contributed by atoms with Gasteiger partial charge in [-0.3, -0.25) is 19.3 Å². The Balaban J connectivity index is 1.34. The predicted molar refractivity (Wildman–Crippen MR) is 122 cm³/mol. The van der Waals surface area contributed by atoms with Gasteiger partial charge < -0.3 is 20.9 Å². The second kappa shape index (κ2) is 11.2. The molecule has 0 radical (unpaired) electrons. The van der Waals surface area contributed by atoms with Gasteiger partial charge in [-0.15, -0.1) is 0 Å². The van der Waals surface area contributed by atoms with Crippen molar-refractivity contribution in [3.8, 4) is 0 Å². The van der Waals surface area contributed by atoms with Crippen LogP contribution in [0.2, 0.25) is 0 Å². The first-order valence-electron chi connectivity index (χ1n) is 10.6. The molecule has 3 amide bonds. The summed E-state index contributed by atoms with van der Waals surface area (Å²) in [5.41, 5.74) is 1.59. The summed E-state index contributed by atoms with van der Waals surface area (Å²) in [4.78, 5) is 39.6. The Morgan fingerprint density at radius 2 is 1.59 bits per heavy atom. The topological polar surface area (TPSA) is 93.8 Å². The molecule has 0 spiro atoms. The van der Waals surface area contributed by atoms with E-state index < -0.39 is 11.8 Å². The molecule has 2 aromatic rings. The average Bonchev–Trinajstić information content (AvgIpc) is 2.77. The molecule has 1 fully saturated rings. The SMILES string of the molecule is CC(=O)Nc1cccc(NC(=O)C(=O)NCCCN2CCN(c3ccccc3F)CC2)c1. The van der Waals surface area contributed by atoms with Crippen molar-refractivity contribution in [3.63, 3.8) is 0 Å². The van der Waals surface area contributed by atoms with Crippen LogP contribution >= 0.6 is 0 Å². The molecule has 1 heterocycles. The molecule has 1 aliphatic heterocycles. The number of rotatable bonds is 7. The van der Waals surface area contributed by atoms with Crippen molar-refractivity contribution in [3.05, 3.63) is 54.3 Å². The van der Waals surface area contributed by atoms with Crippen LogP contribution in [0.25, 0.3) is 0 Å². The summed E-state index contributed by atoms with van der Waals surface area (Å²) in [6.45, 7) is 5.67. The number of carbonyl (C=O) groups is 3. The maximum absolute atomic E-state index is 13.9. The van der Waals surface area contributed by atoms with Crippen molar-refractivity contribution in [2.45, 2.75) is 13.3 Å². The molecular formula is C23H28FN5O3. The Kier molecular flexibility index (Phi) is 8.15. The monoisotopic (exact) mass is 441 g/mol. The zero-order valence-corrected chi connectivity index (χ0v) is 18.1. The number of amides is 3. The first kappa shape index (κ1) is 23.2. The van der Waals surface area contributed by atoms with Crippen molar-refractivity contribution in [2.75, 3.05) is 54.8 Å². The van der Waals surface area contributed by atoms with Crippen LogP contribution in [0.3, 0.4) is 0 Å². The summed E-state index contributed by atoms with van der Waals surface area (Å²) in [5, 5.41) is 7.76. The Bertz CT molecular complexity index is 960. The first-order valence-corrected chi connectivity index (χ1v) is 10.6. The highest BCUT2D eigenvalue weighted by molar-refractivity contribution is 6.39. The van der Waals surface area contributed by atoms with Crippen LogP contribution in [0.1, 0.15) is 13.3 Å². The van der Waals surface area contributed by atoms with E-state index in [1.165, 1.54) is 13.0 Å². The number of piperazine rings is 1. The van der Waals surface area contributed by atoms with Crippen molar-refractivity contribution < 1.29 is 18.8 Å². The van der Waals surface area contributed by atoms with Crippen molar-refractivity contribution in [1.82, 2.24) is 10.2 Å². The highest BCUT2D eigenvalue weighted by Gasteiger charge is 2.19. The van der Waals surface area contributed by atoms with Crippen LogP contribution in [0, 0.1) is 5.82 Å². The zero-order valence-electron chi connectivity index (χ0n) is 18.1. The number of nitrogens with zero attached hydrogens (tertiary/aromatic N) is 2. The lowest BCUT2D eigenvalue weighted by Crippen LogP contribution is -2.47. The highest BCUT2D eigenvalue weighted by atomic mass is 19.1. The average molecular weight is 442 g/mol. The molecule has 1 aliphatic rings. The lowest BCUT2D eigenvalue weighted by molar-refractivity contribution is -0.136. The van der Waals surface area contributed by atoms with E-state index in [1.54, 1.807) is 36.4 Å². The summed E-state index contributed by atoms with van der Waals surface area (Å²) in [6, 6.07) is 13.4. The first-order chi connectivity index (χ1) is 15.4. The lowest BCUT2D eigenvalue weighted by atomic mass is 10.2. The van der Waals surface area contributed by atoms with E-state index in [-0.39, 0.29) is 11.7 Å². The molecule has 170 valence electrons. The quantitative estimate of drug-likeness (QED) is 0.452. The Hall–Kier alpha value is -3.46. The smallest absolute Gasteiger partial charge is 0.313 e. The largest absolute Gasteiger partial charge is 0.367 e. The fourth-order valence-electron chi connectivity index (χ4n) is 3.57. The molecule has 0 atom stereocenters. The van der Waals surface area contributed by atoms with Crippen LogP contribution < -0.4 is 20.9 Å². The van der Waals surface area contributed by atoms with E-state index in [1.807, 2.05) is 11.0 Å². The van der Waals surface area contributed by atoms with E-state index in [4.69, 9.17) is 0 Å². The number of anilines is 3. The van der Waals surface area contributed by atoms with E-state index in [0.717, 1.165) is 32.7 Å². The van der Waals surface area contributed by atoms with Gasteiger partial charge in [0.2, 0.25) is 5.91 Å². The van der Waals surface area contributed by atoms with Gasteiger partial charge >= 0.3 is 11.8 Å². The minimum Gasteiger partial charge on any atom is -0.367 e. The molecule has 32 heavy (non-hydrogen) atoms. The van der Waals surface area contributed by atoms with Gasteiger partial charge in [-0.2, -0.15) is 0 Å². The zero-order chi connectivity index (χ0) is 22.9. The second-order valence-electron chi connectivity index (χ2n) is 7.61. The molecule has 9 heteroatoms. The molecule has 0 bridgehead atoms. The maximum atomic E-state index is 13.9. The normalized spacial score (nSPS) is 14.0. The minimum atomic E-state index is -0.761. The third-order valence-corrected chi connectivity index (χ3v) is 5.15. The summed E-state index contributed by atoms with van der Waals surface area (Å²) < 4.78 is 13.9. The van der Waals surface area contributed by atoms with Crippen LogP contribution in [0.4, 0.5) is 21.5 Å². The Labute approximate surface area is 186 Å². The summed E-state index contributed by atoms with van der Waals surface area (Å²) in [6.07, 6.45) is 0.705. The molecule has 3 N–H and O–H groups in total. The summed E-state index contributed by atoms with van der Waals surface area (Å²) in [7, 11) is 0. The van der Waals surface area contributed by atoms with Crippen molar-refractivity contribution in [1.29, 1.82) is 0 Å². The molecule has 3 rings (SSSR count). The van der Waals surface area contributed by atoms with Gasteiger partial charge in [0.05, 0.1) is 5.69 Å². The van der Waals surface area contributed by atoms with Gasteiger partial charge in [0.1, 0.15) is 5.82 Å². The Morgan fingerprint density at radius 1 is 0.906 bits per heavy atom. The van der Waals surface area contributed by atoms with Gasteiger partial charge in [-0.1, -0.05) is 18.2 Å². The van der Waals surface area contributed by atoms with E-state index in [0.29, 0.717) is 30.0 Å². The van der Waals surface area contributed by atoms with Gasteiger partial charge in [0.25, 0.3) is 0 Å². The predicted octanol–water partition coefficient (Wildman–Crippen LogP) is 2.05. The number of carbonyl (C=O) groups excluding carboxylic acids is 3. The number of nitrogens with one attached hydrogen (secondary N) is 3. The standard InChI is InChI=1S/C23H28FN5O3/c1-17(30)26-18-6-4-7-19(16-18)27-23(32)22(31)25-10-5-11-28-12-14-29(15-13-28)21-9-3-2-8-20(21)24/h2-4,6-9,16H,5,10-15H2,1H3,(H,25,31)(H,26,30)(H,27,32). The summed E-state index contributed by atoms with van der Waals surface area (Å²) in [5.74, 6) is -1.90. The molecule has 0 unspecified atom stereocenters. The molecule has 0 aliphatic carbocycles. The van der Waals surface area contributed by atoms with Gasteiger partial charge in [-0.25, -0.2) is 4.39 Å². The lowest BCUT2D eigenvalue weighted by Gasteiger charge is -2.36. The van der Waals surface area contributed by atoms with Crippen LogP contribution in [-0.2, 0) is 14.4 Å². The second-order valence-corrected chi connectivity index (χ2v) is 7.61. The number of benzene rings is 2. The third kappa shape index (κ3) is 6.78. The number of para-hydroxylation sites is 1. The van der Waals surface area contributed by atoms with Crippen LogP contribution in [0.5, 0.6) is 0 Å². The number of hydrogen-bond donors (Lipinski definition) is 3. The maximum Gasteiger partial charge on any atom is 0.313 e. The van der Waals surface area contributed by atoms with Crippen molar-refractivity contribution in [2.24, 2.45) is 0 Å². The van der Waals surface area contributed by atoms with Gasteiger partial charge in [-0.05, 0) is 43.3 Å². The van der Waals surface area contributed by atoms with Gasteiger partial charge in [0.15, 0.2) is 0 Å².